The molecular weight excluding hydrogens is 819 g/mol. The molecule has 1 aliphatic heterocycles. The van der Waals surface area contributed by atoms with Crippen LogP contribution in [0.25, 0.3) is 0 Å². The predicted molar refractivity (Wildman–Crippen MR) is 228 cm³/mol. The number of benzene rings is 2. The largest absolute Gasteiger partial charge is 0.508 e. The average Bonchev–Trinajstić information content (AvgIpc) is 3.24. The average molecular weight is 876 g/mol. The number of ether oxygens (including phenoxy) is 1. The van der Waals surface area contributed by atoms with E-state index in [9.17, 15) is 53.4 Å². The van der Waals surface area contributed by atoms with Gasteiger partial charge in [-0.15, -0.1) is 0 Å². The normalized spacial score (nSPS) is 22.0. The Hall–Kier alpha value is -7.05. The van der Waals surface area contributed by atoms with E-state index >= 15 is 0 Å². The molecule has 0 aliphatic carbocycles. The van der Waals surface area contributed by atoms with Crippen LogP contribution in [0.4, 0.5) is 0 Å². The van der Waals surface area contributed by atoms with Crippen molar-refractivity contribution in [3.05, 3.63) is 89.1 Å². The van der Waals surface area contributed by atoms with Gasteiger partial charge in [0.1, 0.15) is 53.8 Å². The van der Waals surface area contributed by atoms with E-state index in [2.05, 4.69) is 37.2 Å². The van der Waals surface area contributed by atoms with E-state index < -0.39 is 114 Å². The first-order valence-corrected chi connectivity index (χ1v) is 20.4. The van der Waals surface area contributed by atoms with Gasteiger partial charge in [0, 0.05) is 24.8 Å². The molecule has 2 aromatic carbocycles. The van der Waals surface area contributed by atoms with Gasteiger partial charge in [0.25, 0.3) is 5.91 Å². The molecule has 1 heterocycles. The van der Waals surface area contributed by atoms with Crippen molar-refractivity contribution in [1.29, 1.82) is 0 Å². The van der Waals surface area contributed by atoms with Crippen molar-refractivity contribution in [3.8, 4) is 5.75 Å². The van der Waals surface area contributed by atoms with Gasteiger partial charge in [-0.3, -0.25) is 38.4 Å². The van der Waals surface area contributed by atoms with Crippen LogP contribution in [-0.4, -0.2) is 106 Å². The Bertz CT molecular complexity index is 2070. The van der Waals surface area contributed by atoms with Gasteiger partial charge in [-0.05, 0) is 70.2 Å². The second-order valence-electron chi connectivity index (χ2n) is 15.4. The van der Waals surface area contributed by atoms with Crippen LogP contribution < -0.4 is 37.2 Å². The standard InChI is InChI=1S/C44H57N7O12/c1-8-24(5)37(55)50-35(23(3)4)42(60)48-32(21-28-15-17-29(52)18-16-28)41(59)51-36-26(7)63-44(62)33(22-27-13-11-10-12-14-27)49-40(58)31(19-20-34(53)54)47-39(57)30(9-2)46-38(56)25(6)45-43(36)61/h8-18,23,25-26,31-33,35-36,52H,19-22H2,1-7H3,(H,45,61)(H,46,56)(H,47,57)(H,48,60)(H,49,58)(H,50,55)(H,51,59)(H,53,54)/b24-8+,30-9-/t25-,26+,31+,32+,33-,35-,36-/m0/s1. The summed E-state index contributed by atoms with van der Waals surface area (Å²) in [5, 5.41) is 36.9. The van der Waals surface area contributed by atoms with Crippen LogP contribution in [-0.2, 0) is 60.7 Å². The minimum Gasteiger partial charge on any atom is -0.508 e. The van der Waals surface area contributed by atoms with Crippen molar-refractivity contribution in [2.45, 2.75) is 117 Å². The summed E-state index contributed by atoms with van der Waals surface area (Å²) in [7, 11) is 0. The first-order chi connectivity index (χ1) is 29.7. The Labute approximate surface area is 365 Å². The molecule has 7 atom stereocenters. The number of allylic oxidation sites excluding steroid dienone is 2. The zero-order valence-electron chi connectivity index (χ0n) is 36.3. The van der Waals surface area contributed by atoms with Gasteiger partial charge in [0.15, 0.2) is 0 Å². The van der Waals surface area contributed by atoms with E-state index in [1.807, 2.05) is 0 Å². The SMILES string of the molecule is C/C=C1\NC(=O)[C@H](C)NC(=O)[C@@H](NC(=O)[C@@H](Cc2ccc(O)cc2)NC(=O)[C@@H](NC(=O)/C(C)=C/C)C(C)C)[C@@H](C)OC(=O)[C@H](Cc2ccccc2)NC(=O)[C@@H](CCC(=O)O)NC1=O. The van der Waals surface area contributed by atoms with Crippen LogP contribution in [0.5, 0.6) is 5.75 Å². The van der Waals surface area contributed by atoms with Crippen LogP contribution in [0.3, 0.4) is 0 Å². The number of phenolic OH excluding ortho intramolecular Hbond substituents is 1. The van der Waals surface area contributed by atoms with Gasteiger partial charge >= 0.3 is 11.9 Å². The van der Waals surface area contributed by atoms with Gasteiger partial charge in [-0.2, -0.15) is 0 Å². The highest BCUT2D eigenvalue weighted by atomic mass is 16.5. The molecule has 0 unspecified atom stereocenters. The Kier molecular flexibility index (Phi) is 19.0. The molecule has 0 spiro atoms. The molecule has 63 heavy (non-hydrogen) atoms. The van der Waals surface area contributed by atoms with Gasteiger partial charge in [0.2, 0.25) is 35.4 Å². The molecule has 0 saturated carbocycles. The molecule has 9 N–H and O–H groups in total. The number of carbonyl (C=O) groups excluding carboxylic acids is 8. The third-order valence-corrected chi connectivity index (χ3v) is 10.1. The number of hydrogen-bond acceptors (Lipinski definition) is 11. The van der Waals surface area contributed by atoms with Gasteiger partial charge in [0.05, 0.1) is 0 Å². The maximum Gasteiger partial charge on any atom is 0.329 e. The summed E-state index contributed by atoms with van der Waals surface area (Å²) in [6.45, 7) is 10.6. The number of carboxylic acid groups (broad SMARTS) is 1. The number of carbonyl (C=O) groups is 9. The summed E-state index contributed by atoms with van der Waals surface area (Å²) in [4.78, 5) is 121. The highest BCUT2D eigenvalue weighted by Gasteiger charge is 2.38. The number of hydrogen-bond donors (Lipinski definition) is 9. The Morgan fingerprint density at radius 2 is 1.46 bits per heavy atom. The molecule has 1 fully saturated rings. The molecule has 2 aromatic rings. The lowest BCUT2D eigenvalue weighted by atomic mass is 10.00. The second kappa shape index (κ2) is 23.8. The fourth-order valence-corrected chi connectivity index (χ4v) is 6.20. The third kappa shape index (κ3) is 15.4. The predicted octanol–water partition coefficient (Wildman–Crippen LogP) is 0.558. The minimum atomic E-state index is -1.76. The highest BCUT2D eigenvalue weighted by Crippen LogP contribution is 2.15. The van der Waals surface area contributed by atoms with E-state index in [4.69, 9.17) is 4.74 Å². The van der Waals surface area contributed by atoms with Crippen molar-refractivity contribution >= 4 is 53.3 Å². The molecule has 340 valence electrons. The minimum absolute atomic E-state index is 0.0676. The number of aliphatic carboxylic acids is 1. The van der Waals surface area contributed by atoms with E-state index in [1.165, 1.54) is 51.1 Å². The summed E-state index contributed by atoms with van der Waals surface area (Å²) < 4.78 is 5.77. The third-order valence-electron chi connectivity index (χ3n) is 10.1. The molecule has 0 bridgehead atoms. The zero-order valence-corrected chi connectivity index (χ0v) is 36.3. The Balaban J connectivity index is 2.09. The first kappa shape index (κ1) is 50.3. The van der Waals surface area contributed by atoms with E-state index in [0.717, 1.165) is 0 Å². The van der Waals surface area contributed by atoms with Crippen LogP contribution in [0, 0.1) is 5.92 Å². The van der Waals surface area contributed by atoms with E-state index in [0.29, 0.717) is 16.7 Å². The lowest BCUT2D eigenvalue weighted by Gasteiger charge is -2.30. The topological polar surface area (TPSA) is 288 Å². The van der Waals surface area contributed by atoms with Gasteiger partial charge in [-0.25, -0.2) is 4.79 Å². The number of phenols is 1. The molecule has 7 amide bonds. The Morgan fingerprint density at radius 3 is 2.05 bits per heavy atom. The fraction of sp³-hybridized carbons (Fsp3) is 0.432. The van der Waals surface area contributed by atoms with Crippen LogP contribution in [0.15, 0.2) is 78.0 Å². The molecule has 0 aromatic heterocycles. The summed E-state index contributed by atoms with van der Waals surface area (Å²) in [6, 6.07) is 5.51. The summed E-state index contributed by atoms with van der Waals surface area (Å²) in [5.74, 6) is -8.93. The molecule has 3 rings (SSSR count). The van der Waals surface area contributed by atoms with E-state index in [1.54, 1.807) is 64.1 Å². The lowest BCUT2D eigenvalue weighted by molar-refractivity contribution is -0.156. The molecule has 19 nitrogen and oxygen atoms in total. The lowest BCUT2D eigenvalue weighted by Crippen LogP contribution is -2.62. The van der Waals surface area contributed by atoms with Gasteiger partial charge in [-0.1, -0.05) is 68.5 Å². The summed E-state index contributed by atoms with van der Waals surface area (Å²) in [6.07, 6.45) is -0.0327. The maximum absolute atomic E-state index is 14.4. The second-order valence-corrected chi connectivity index (χ2v) is 15.4. The van der Waals surface area contributed by atoms with Crippen molar-refractivity contribution in [2.24, 2.45) is 5.92 Å². The number of amides is 7. The number of carboxylic acids is 1. The number of cyclic esters (lactones) is 1. The fourth-order valence-electron chi connectivity index (χ4n) is 6.20. The monoisotopic (exact) mass is 875 g/mol. The summed E-state index contributed by atoms with van der Waals surface area (Å²) >= 11 is 0. The molecule has 1 aliphatic rings. The molecular formula is C44H57N7O12. The number of esters is 1. The number of aromatic hydroxyl groups is 1. The molecule has 0 radical (unpaired) electrons. The smallest absolute Gasteiger partial charge is 0.329 e. The molecule has 19 heteroatoms. The van der Waals surface area contributed by atoms with Crippen LogP contribution in [0.1, 0.15) is 72.4 Å². The number of nitrogens with one attached hydrogen (secondary N) is 7. The van der Waals surface area contributed by atoms with Gasteiger partial charge < -0.3 is 52.2 Å². The number of rotatable bonds is 14. The van der Waals surface area contributed by atoms with Crippen LogP contribution >= 0.6 is 0 Å². The van der Waals surface area contributed by atoms with Crippen molar-refractivity contribution < 1.29 is 58.1 Å². The zero-order chi connectivity index (χ0) is 47.0. The van der Waals surface area contributed by atoms with Crippen LogP contribution in [0.2, 0.25) is 0 Å². The Morgan fingerprint density at radius 1 is 0.810 bits per heavy atom. The van der Waals surface area contributed by atoms with Crippen molar-refractivity contribution in [1.82, 2.24) is 37.2 Å². The van der Waals surface area contributed by atoms with Crippen molar-refractivity contribution in [2.75, 3.05) is 0 Å². The summed E-state index contributed by atoms with van der Waals surface area (Å²) in [5.41, 5.74) is 1.04. The highest BCUT2D eigenvalue weighted by molar-refractivity contribution is 6.02. The quantitative estimate of drug-likeness (QED) is 0.0930. The van der Waals surface area contributed by atoms with Crippen molar-refractivity contribution in [3.63, 3.8) is 0 Å². The first-order valence-electron chi connectivity index (χ1n) is 20.4. The van der Waals surface area contributed by atoms with E-state index in [-0.39, 0.29) is 24.3 Å². The molecule has 1 saturated heterocycles. The maximum atomic E-state index is 14.4.